The van der Waals surface area contributed by atoms with Crippen molar-refractivity contribution in [2.75, 3.05) is 26.2 Å². The first-order chi connectivity index (χ1) is 12.7. The number of halogens is 1. The molecule has 1 saturated heterocycles. The van der Waals surface area contributed by atoms with Crippen LogP contribution in [-0.4, -0.2) is 48.0 Å². The van der Waals surface area contributed by atoms with Gasteiger partial charge in [0.15, 0.2) is 6.61 Å². The standard InChI is InChI=1S/C21H25FN2O2/c1-2-19-15-23(14-17-6-4-3-5-7-17)12-13-24(19)21(25)16-26-20-10-8-18(22)9-11-20/h3-11,19H,2,12-16H2,1H3. The van der Waals surface area contributed by atoms with Crippen LogP contribution in [0.25, 0.3) is 0 Å². The lowest BCUT2D eigenvalue weighted by Gasteiger charge is -2.41. The number of amides is 1. The van der Waals surface area contributed by atoms with Gasteiger partial charge in [0, 0.05) is 32.2 Å². The van der Waals surface area contributed by atoms with Crippen molar-refractivity contribution in [3.05, 3.63) is 66.0 Å². The maximum absolute atomic E-state index is 12.9. The molecule has 5 heteroatoms. The van der Waals surface area contributed by atoms with Crippen LogP contribution in [0.15, 0.2) is 54.6 Å². The van der Waals surface area contributed by atoms with Crippen molar-refractivity contribution in [2.45, 2.75) is 25.9 Å². The van der Waals surface area contributed by atoms with Crippen LogP contribution in [0.4, 0.5) is 4.39 Å². The van der Waals surface area contributed by atoms with Gasteiger partial charge in [-0.25, -0.2) is 4.39 Å². The monoisotopic (exact) mass is 356 g/mol. The second-order valence-corrected chi connectivity index (χ2v) is 6.61. The second kappa shape index (κ2) is 8.81. The molecule has 0 spiro atoms. The molecule has 0 bridgehead atoms. The quantitative estimate of drug-likeness (QED) is 0.796. The molecule has 1 heterocycles. The largest absolute Gasteiger partial charge is 0.484 e. The molecule has 0 radical (unpaired) electrons. The van der Waals surface area contributed by atoms with Gasteiger partial charge < -0.3 is 9.64 Å². The molecule has 1 aliphatic rings. The lowest BCUT2D eigenvalue weighted by Crippen LogP contribution is -2.55. The summed E-state index contributed by atoms with van der Waals surface area (Å²) in [6.45, 7) is 5.43. The summed E-state index contributed by atoms with van der Waals surface area (Å²) in [5, 5.41) is 0. The van der Waals surface area contributed by atoms with E-state index in [1.807, 2.05) is 11.0 Å². The topological polar surface area (TPSA) is 32.8 Å². The zero-order valence-electron chi connectivity index (χ0n) is 15.1. The summed E-state index contributed by atoms with van der Waals surface area (Å²) in [4.78, 5) is 16.9. The molecule has 1 atom stereocenters. The average molecular weight is 356 g/mol. The molecule has 2 aromatic carbocycles. The summed E-state index contributed by atoms with van der Waals surface area (Å²) in [6, 6.07) is 16.3. The number of carbonyl (C=O) groups excluding carboxylic acids is 1. The molecule has 0 aliphatic carbocycles. The summed E-state index contributed by atoms with van der Waals surface area (Å²) in [5.41, 5.74) is 1.29. The van der Waals surface area contributed by atoms with Gasteiger partial charge in [-0.15, -0.1) is 0 Å². The van der Waals surface area contributed by atoms with Gasteiger partial charge in [0.2, 0.25) is 0 Å². The van der Waals surface area contributed by atoms with Gasteiger partial charge in [0.1, 0.15) is 11.6 Å². The first-order valence-electron chi connectivity index (χ1n) is 9.10. The van der Waals surface area contributed by atoms with Crippen LogP contribution in [0.3, 0.4) is 0 Å². The molecule has 26 heavy (non-hydrogen) atoms. The van der Waals surface area contributed by atoms with Crippen LogP contribution in [0.2, 0.25) is 0 Å². The number of nitrogens with zero attached hydrogens (tertiary/aromatic N) is 2. The van der Waals surface area contributed by atoms with E-state index < -0.39 is 0 Å². The van der Waals surface area contributed by atoms with E-state index in [0.29, 0.717) is 12.3 Å². The van der Waals surface area contributed by atoms with Gasteiger partial charge in [-0.2, -0.15) is 0 Å². The minimum atomic E-state index is -0.315. The summed E-state index contributed by atoms with van der Waals surface area (Å²) in [5.74, 6) is 0.181. The Balaban J connectivity index is 1.53. The number of rotatable bonds is 6. The van der Waals surface area contributed by atoms with Crippen LogP contribution >= 0.6 is 0 Å². The predicted octanol–water partition coefficient (Wildman–Crippen LogP) is 3.33. The summed E-state index contributed by atoms with van der Waals surface area (Å²) >= 11 is 0. The fraction of sp³-hybridized carbons (Fsp3) is 0.381. The molecule has 1 amide bonds. The molecule has 2 aromatic rings. The van der Waals surface area contributed by atoms with E-state index in [-0.39, 0.29) is 24.4 Å². The Morgan fingerprint density at radius 3 is 2.54 bits per heavy atom. The molecule has 1 aliphatic heterocycles. The van der Waals surface area contributed by atoms with Gasteiger partial charge in [-0.3, -0.25) is 9.69 Å². The molecule has 1 fully saturated rings. The normalized spacial score (nSPS) is 17.9. The van der Waals surface area contributed by atoms with Crippen molar-refractivity contribution in [1.82, 2.24) is 9.80 Å². The van der Waals surface area contributed by atoms with Gasteiger partial charge in [0.25, 0.3) is 5.91 Å². The zero-order chi connectivity index (χ0) is 18.4. The van der Waals surface area contributed by atoms with Crippen LogP contribution in [0.5, 0.6) is 5.75 Å². The zero-order valence-corrected chi connectivity index (χ0v) is 15.1. The lowest BCUT2D eigenvalue weighted by molar-refractivity contribution is -0.138. The Morgan fingerprint density at radius 1 is 1.12 bits per heavy atom. The van der Waals surface area contributed by atoms with E-state index in [9.17, 15) is 9.18 Å². The average Bonchev–Trinajstić information content (AvgIpc) is 2.68. The Kier molecular flexibility index (Phi) is 6.23. The minimum absolute atomic E-state index is 0.0131. The van der Waals surface area contributed by atoms with Crippen molar-refractivity contribution in [3.8, 4) is 5.75 Å². The molecule has 0 aromatic heterocycles. The van der Waals surface area contributed by atoms with Crippen molar-refractivity contribution in [2.24, 2.45) is 0 Å². The highest BCUT2D eigenvalue weighted by Gasteiger charge is 2.29. The molecule has 0 saturated carbocycles. The van der Waals surface area contributed by atoms with Crippen molar-refractivity contribution >= 4 is 5.91 Å². The van der Waals surface area contributed by atoms with E-state index in [0.717, 1.165) is 26.1 Å². The predicted molar refractivity (Wildman–Crippen MR) is 99.4 cm³/mol. The van der Waals surface area contributed by atoms with Gasteiger partial charge in [-0.05, 0) is 36.2 Å². The maximum atomic E-state index is 12.9. The van der Waals surface area contributed by atoms with E-state index >= 15 is 0 Å². The van der Waals surface area contributed by atoms with Crippen LogP contribution in [0.1, 0.15) is 18.9 Å². The molecule has 3 rings (SSSR count). The highest BCUT2D eigenvalue weighted by molar-refractivity contribution is 5.78. The van der Waals surface area contributed by atoms with E-state index in [1.54, 1.807) is 0 Å². The second-order valence-electron chi connectivity index (χ2n) is 6.61. The first kappa shape index (κ1) is 18.4. The summed E-state index contributed by atoms with van der Waals surface area (Å²) < 4.78 is 18.5. The van der Waals surface area contributed by atoms with Crippen molar-refractivity contribution in [3.63, 3.8) is 0 Å². The number of ether oxygens (including phenoxy) is 1. The third kappa shape index (κ3) is 4.82. The fourth-order valence-corrected chi connectivity index (χ4v) is 3.34. The first-order valence-corrected chi connectivity index (χ1v) is 9.10. The number of piperazine rings is 1. The van der Waals surface area contributed by atoms with Gasteiger partial charge >= 0.3 is 0 Å². The fourth-order valence-electron chi connectivity index (χ4n) is 3.34. The maximum Gasteiger partial charge on any atom is 0.260 e. The highest BCUT2D eigenvalue weighted by atomic mass is 19.1. The molecular weight excluding hydrogens is 331 g/mol. The van der Waals surface area contributed by atoms with Crippen molar-refractivity contribution < 1.29 is 13.9 Å². The summed E-state index contributed by atoms with van der Waals surface area (Å²) in [7, 11) is 0. The number of carbonyl (C=O) groups is 1. The molecule has 1 unspecified atom stereocenters. The third-order valence-corrected chi connectivity index (χ3v) is 4.78. The van der Waals surface area contributed by atoms with E-state index in [4.69, 9.17) is 4.74 Å². The third-order valence-electron chi connectivity index (χ3n) is 4.78. The van der Waals surface area contributed by atoms with Crippen LogP contribution in [-0.2, 0) is 11.3 Å². The molecule has 0 N–H and O–H groups in total. The van der Waals surface area contributed by atoms with E-state index in [2.05, 4.69) is 36.1 Å². The SMILES string of the molecule is CCC1CN(Cc2ccccc2)CCN1C(=O)COc1ccc(F)cc1. The number of benzene rings is 2. The number of hydrogen-bond donors (Lipinski definition) is 0. The summed E-state index contributed by atoms with van der Waals surface area (Å²) in [6.07, 6.45) is 0.910. The Morgan fingerprint density at radius 2 is 1.85 bits per heavy atom. The Hall–Kier alpha value is -2.40. The highest BCUT2D eigenvalue weighted by Crippen LogP contribution is 2.17. The van der Waals surface area contributed by atoms with Crippen molar-refractivity contribution in [1.29, 1.82) is 0 Å². The minimum Gasteiger partial charge on any atom is -0.484 e. The number of hydrogen-bond acceptors (Lipinski definition) is 3. The van der Waals surface area contributed by atoms with Gasteiger partial charge in [-0.1, -0.05) is 37.3 Å². The van der Waals surface area contributed by atoms with Crippen LogP contribution < -0.4 is 4.74 Å². The van der Waals surface area contributed by atoms with E-state index in [1.165, 1.54) is 29.8 Å². The van der Waals surface area contributed by atoms with Gasteiger partial charge in [0.05, 0.1) is 0 Å². The molecule has 4 nitrogen and oxygen atoms in total. The lowest BCUT2D eigenvalue weighted by atomic mass is 10.1. The Bertz CT molecular complexity index is 706. The van der Waals surface area contributed by atoms with Crippen LogP contribution in [0, 0.1) is 5.82 Å². The smallest absolute Gasteiger partial charge is 0.260 e. The molecule has 138 valence electrons. The molecular formula is C21H25FN2O2. The Labute approximate surface area is 154 Å².